The van der Waals surface area contributed by atoms with E-state index in [-0.39, 0.29) is 12.5 Å². The van der Waals surface area contributed by atoms with Crippen LogP contribution in [-0.2, 0) is 11.8 Å². The van der Waals surface area contributed by atoms with E-state index in [0.29, 0.717) is 16.5 Å². The second-order valence-electron chi connectivity index (χ2n) is 5.36. The number of nitrogens with one attached hydrogen (secondary N) is 1. The number of ether oxygens (including phenoxy) is 1. The van der Waals surface area contributed by atoms with Crippen molar-refractivity contribution < 1.29 is 9.53 Å². The lowest BCUT2D eigenvalue weighted by molar-refractivity contribution is -0.118. The van der Waals surface area contributed by atoms with Gasteiger partial charge in [0.2, 0.25) is 0 Å². The van der Waals surface area contributed by atoms with Crippen LogP contribution in [0.3, 0.4) is 0 Å². The van der Waals surface area contributed by atoms with Crippen LogP contribution in [0.4, 0.5) is 5.69 Å². The molecule has 0 unspecified atom stereocenters. The summed E-state index contributed by atoms with van der Waals surface area (Å²) in [5, 5.41) is 4.15. The van der Waals surface area contributed by atoms with Crippen molar-refractivity contribution in [2.24, 2.45) is 7.05 Å². The molecule has 0 radical (unpaired) electrons. The third kappa shape index (κ3) is 5.03. The first-order chi connectivity index (χ1) is 12.5. The number of benzene rings is 2. The van der Waals surface area contributed by atoms with E-state index in [4.69, 9.17) is 16.3 Å². The molecule has 0 fully saturated rings. The number of hydrogen-bond donors (Lipinski definition) is 1. The molecule has 1 heterocycles. The molecular formula is C18H15BrClN3O2S. The van der Waals surface area contributed by atoms with Crippen LogP contribution in [0.2, 0.25) is 5.02 Å². The van der Waals surface area contributed by atoms with Crippen molar-refractivity contribution >= 4 is 50.9 Å². The van der Waals surface area contributed by atoms with Gasteiger partial charge in [-0.25, -0.2) is 4.98 Å². The van der Waals surface area contributed by atoms with E-state index in [2.05, 4.69) is 26.2 Å². The first kappa shape index (κ1) is 18.8. The first-order valence-electron chi connectivity index (χ1n) is 7.64. The molecule has 0 atom stereocenters. The van der Waals surface area contributed by atoms with Crippen LogP contribution in [0.1, 0.15) is 0 Å². The van der Waals surface area contributed by atoms with E-state index in [0.717, 1.165) is 14.5 Å². The number of aromatic nitrogens is 2. The van der Waals surface area contributed by atoms with Gasteiger partial charge in [-0.2, -0.15) is 0 Å². The zero-order valence-corrected chi connectivity index (χ0v) is 16.9. The molecule has 134 valence electrons. The van der Waals surface area contributed by atoms with Gasteiger partial charge in [0.25, 0.3) is 5.91 Å². The van der Waals surface area contributed by atoms with Gasteiger partial charge < -0.3 is 14.6 Å². The number of rotatable bonds is 6. The van der Waals surface area contributed by atoms with Crippen molar-refractivity contribution in [3.63, 3.8) is 0 Å². The zero-order chi connectivity index (χ0) is 18.5. The summed E-state index contributed by atoms with van der Waals surface area (Å²) >= 11 is 10.9. The highest BCUT2D eigenvalue weighted by Crippen LogP contribution is 2.28. The molecule has 1 N–H and O–H groups in total. The van der Waals surface area contributed by atoms with Gasteiger partial charge in [-0.1, -0.05) is 39.3 Å². The summed E-state index contributed by atoms with van der Waals surface area (Å²) in [6.45, 7) is -0.120. The number of halogens is 2. The number of hydrogen-bond acceptors (Lipinski definition) is 4. The van der Waals surface area contributed by atoms with Crippen molar-refractivity contribution in [3.8, 4) is 5.75 Å². The van der Waals surface area contributed by atoms with Gasteiger partial charge in [-0.05, 0) is 42.5 Å². The van der Waals surface area contributed by atoms with Crippen molar-refractivity contribution in [2.45, 2.75) is 10.1 Å². The highest BCUT2D eigenvalue weighted by molar-refractivity contribution is 9.10. The first-order valence-corrected chi connectivity index (χ1v) is 9.63. The fourth-order valence-corrected chi connectivity index (χ4v) is 3.62. The number of amides is 1. The Balaban J connectivity index is 1.53. The topological polar surface area (TPSA) is 56.2 Å². The maximum Gasteiger partial charge on any atom is 0.262 e. The molecule has 2 aromatic carbocycles. The molecular weight excluding hydrogens is 438 g/mol. The average molecular weight is 453 g/mol. The predicted octanol–water partition coefficient (Wildman–Crippen LogP) is 5.00. The number of imidazole rings is 1. The Morgan fingerprint density at radius 1 is 1.31 bits per heavy atom. The van der Waals surface area contributed by atoms with E-state index in [1.807, 2.05) is 42.1 Å². The fourth-order valence-electron chi connectivity index (χ4n) is 2.09. The number of aryl methyl sites for hydroxylation is 1. The standard InChI is InChI=1S/C18H15BrClN3O2S/c1-23-9-8-21-18(23)26-14-5-3-13(4-6-14)22-17(24)11-25-16-7-2-12(19)10-15(16)20/h2-10H,11H2,1H3,(H,22,24). The molecule has 5 nitrogen and oxygen atoms in total. The van der Waals surface area contributed by atoms with Gasteiger partial charge in [0.05, 0.1) is 5.02 Å². The van der Waals surface area contributed by atoms with Gasteiger partial charge in [0.15, 0.2) is 11.8 Å². The van der Waals surface area contributed by atoms with Crippen LogP contribution in [0.5, 0.6) is 5.75 Å². The van der Waals surface area contributed by atoms with E-state index >= 15 is 0 Å². The minimum Gasteiger partial charge on any atom is -0.482 e. The largest absolute Gasteiger partial charge is 0.482 e. The number of carbonyl (C=O) groups excluding carboxylic acids is 1. The quantitative estimate of drug-likeness (QED) is 0.571. The molecule has 8 heteroatoms. The Hall–Kier alpha value is -1.96. The maximum absolute atomic E-state index is 12.0. The summed E-state index contributed by atoms with van der Waals surface area (Å²) in [7, 11) is 1.95. The fraction of sp³-hybridized carbons (Fsp3) is 0.111. The lowest BCUT2D eigenvalue weighted by Gasteiger charge is -2.09. The van der Waals surface area contributed by atoms with E-state index in [1.54, 1.807) is 36.2 Å². The molecule has 0 aliphatic rings. The van der Waals surface area contributed by atoms with Crippen LogP contribution >= 0.6 is 39.3 Å². The van der Waals surface area contributed by atoms with Crippen LogP contribution < -0.4 is 10.1 Å². The predicted molar refractivity (Wildman–Crippen MR) is 107 cm³/mol. The van der Waals surface area contributed by atoms with Crippen LogP contribution in [0, 0.1) is 0 Å². The summed E-state index contributed by atoms with van der Waals surface area (Å²) in [5.74, 6) is 0.209. The summed E-state index contributed by atoms with van der Waals surface area (Å²) in [6, 6.07) is 12.8. The highest BCUT2D eigenvalue weighted by atomic mass is 79.9. The second kappa shape index (κ2) is 8.62. The average Bonchev–Trinajstić information content (AvgIpc) is 3.01. The molecule has 3 aromatic rings. The van der Waals surface area contributed by atoms with E-state index in [9.17, 15) is 4.79 Å². The minimum absolute atomic E-state index is 0.120. The molecule has 0 spiro atoms. The molecule has 1 aromatic heterocycles. The molecule has 0 saturated heterocycles. The molecule has 0 saturated carbocycles. The van der Waals surface area contributed by atoms with Crippen molar-refractivity contribution in [3.05, 3.63) is 64.4 Å². The molecule has 0 aliphatic carbocycles. The Bertz CT molecular complexity index is 915. The van der Waals surface area contributed by atoms with E-state index < -0.39 is 0 Å². The SMILES string of the molecule is Cn1ccnc1Sc1ccc(NC(=O)COc2ccc(Br)cc2Cl)cc1. The maximum atomic E-state index is 12.0. The minimum atomic E-state index is -0.256. The van der Waals surface area contributed by atoms with Crippen LogP contribution in [-0.4, -0.2) is 22.1 Å². The third-order valence-electron chi connectivity index (χ3n) is 3.38. The van der Waals surface area contributed by atoms with Crippen molar-refractivity contribution in [2.75, 3.05) is 11.9 Å². The van der Waals surface area contributed by atoms with Gasteiger partial charge in [0, 0.05) is 34.5 Å². The summed E-state index contributed by atoms with van der Waals surface area (Å²) in [5.41, 5.74) is 0.699. The summed E-state index contributed by atoms with van der Waals surface area (Å²) < 4.78 is 8.25. The number of anilines is 1. The Morgan fingerprint density at radius 3 is 2.73 bits per heavy atom. The normalized spacial score (nSPS) is 10.6. The van der Waals surface area contributed by atoms with Gasteiger partial charge in [-0.15, -0.1) is 0 Å². The van der Waals surface area contributed by atoms with Gasteiger partial charge in [-0.3, -0.25) is 4.79 Å². The lowest BCUT2D eigenvalue weighted by Crippen LogP contribution is -2.20. The molecule has 3 rings (SSSR count). The van der Waals surface area contributed by atoms with Crippen LogP contribution in [0.15, 0.2) is 69.4 Å². The molecule has 0 bridgehead atoms. The summed E-state index contributed by atoms with van der Waals surface area (Å²) in [4.78, 5) is 17.4. The van der Waals surface area contributed by atoms with Crippen LogP contribution in [0.25, 0.3) is 0 Å². The lowest BCUT2D eigenvalue weighted by atomic mass is 10.3. The Kier molecular flexibility index (Phi) is 6.24. The van der Waals surface area contributed by atoms with Crippen molar-refractivity contribution in [1.82, 2.24) is 9.55 Å². The number of nitrogens with zero attached hydrogens (tertiary/aromatic N) is 2. The molecule has 0 aliphatic heterocycles. The van der Waals surface area contributed by atoms with Gasteiger partial charge in [0.1, 0.15) is 5.75 Å². The zero-order valence-electron chi connectivity index (χ0n) is 13.8. The molecule has 26 heavy (non-hydrogen) atoms. The molecule has 1 amide bonds. The Morgan fingerprint density at radius 2 is 2.08 bits per heavy atom. The smallest absolute Gasteiger partial charge is 0.262 e. The van der Waals surface area contributed by atoms with Gasteiger partial charge >= 0.3 is 0 Å². The summed E-state index contributed by atoms with van der Waals surface area (Å²) in [6.07, 6.45) is 3.66. The number of carbonyl (C=O) groups is 1. The Labute approximate surface area is 168 Å². The van der Waals surface area contributed by atoms with E-state index in [1.165, 1.54) is 0 Å². The van der Waals surface area contributed by atoms with Crippen molar-refractivity contribution in [1.29, 1.82) is 0 Å². The second-order valence-corrected chi connectivity index (χ2v) is 7.72. The monoisotopic (exact) mass is 451 g/mol. The highest BCUT2D eigenvalue weighted by Gasteiger charge is 2.08. The third-order valence-corrected chi connectivity index (χ3v) is 5.25.